The van der Waals surface area contributed by atoms with Gasteiger partial charge in [0.25, 0.3) is 0 Å². The van der Waals surface area contributed by atoms with Crippen LogP contribution in [0.25, 0.3) is 10.2 Å². The van der Waals surface area contributed by atoms with E-state index in [2.05, 4.69) is 69.4 Å². The van der Waals surface area contributed by atoms with Gasteiger partial charge >= 0.3 is 0 Å². The Bertz CT molecular complexity index is 911. The van der Waals surface area contributed by atoms with Gasteiger partial charge in [0.2, 0.25) is 0 Å². The standard InChI is InChI=1S/C18H15N3S2/c1-12-4-6-13(7-5-12)16(15-3-2-9-22-15)21-18-17-14(8-10-23-17)19-11-20-18/h2-11,16H,1H3,(H,19,20,21)/t16-/m0/s1. The Labute approximate surface area is 142 Å². The number of hydrogen-bond donors (Lipinski definition) is 1. The number of fused-ring (bicyclic) bond motifs is 1. The molecular formula is C18H15N3S2. The minimum atomic E-state index is 0.0933. The largest absolute Gasteiger partial charge is 0.357 e. The van der Waals surface area contributed by atoms with Crippen LogP contribution >= 0.6 is 22.7 Å². The van der Waals surface area contributed by atoms with Crippen molar-refractivity contribution in [3.63, 3.8) is 0 Å². The van der Waals surface area contributed by atoms with E-state index in [1.54, 1.807) is 29.0 Å². The molecule has 0 spiro atoms. The highest BCUT2D eigenvalue weighted by molar-refractivity contribution is 7.17. The quantitative estimate of drug-likeness (QED) is 0.552. The number of benzene rings is 1. The maximum absolute atomic E-state index is 4.46. The van der Waals surface area contributed by atoms with Gasteiger partial charge in [-0.3, -0.25) is 0 Å². The smallest absolute Gasteiger partial charge is 0.148 e. The SMILES string of the molecule is Cc1ccc([C@H](Nc2ncnc3ccsc23)c2cccs2)cc1. The van der Waals surface area contributed by atoms with E-state index in [0.29, 0.717) is 0 Å². The van der Waals surface area contributed by atoms with E-state index < -0.39 is 0 Å². The first-order valence-electron chi connectivity index (χ1n) is 7.36. The van der Waals surface area contributed by atoms with Gasteiger partial charge in [-0.1, -0.05) is 35.9 Å². The Balaban J connectivity index is 1.77. The van der Waals surface area contributed by atoms with Crippen LogP contribution in [-0.4, -0.2) is 9.97 Å². The van der Waals surface area contributed by atoms with Crippen LogP contribution in [0.3, 0.4) is 0 Å². The van der Waals surface area contributed by atoms with Gasteiger partial charge in [-0.05, 0) is 35.4 Å². The fourth-order valence-corrected chi connectivity index (χ4v) is 4.16. The third-order valence-corrected chi connectivity index (χ3v) is 5.61. The molecule has 3 aromatic heterocycles. The molecule has 0 aliphatic carbocycles. The highest BCUT2D eigenvalue weighted by Gasteiger charge is 2.17. The fraction of sp³-hybridized carbons (Fsp3) is 0.111. The third-order valence-electron chi connectivity index (χ3n) is 3.76. The molecule has 0 saturated carbocycles. The molecular weight excluding hydrogens is 322 g/mol. The summed E-state index contributed by atoms with van der Waals surface area (Å²) in [4.78, 5) is 10.1. The molecule has 1 atom stereocenters. The predicted molar refractivity (Wildman–Crippen MR) is 98.4 cm³/mol. The molecule has 4 aromatic rings. The Morgan fingerprint density at radius 3 is 2.61 bits per heavy atom. The molecule has 1 N–H and O–H groups in total. The summed E-state index contributed by atoms with van der Waals surface area (Å²) < 4.78 is 1.10. The Morgan fingerprint density at radius 1 is 0.957 bits per heavy atom. The van der Waals surface area contributed by atoms with Gasteiger partial charge in [-0.2, -0.15) is 0 Å². The van der Waals surface area contributed by atoms with E-state index in [1.165, 1.54) is 16.0 Å². The van der Waals surface area contributed by atoms with Crippen molar-refractivity contribution in [2.24, 2.45) is 0 Å². The second kappa shape index (κ2) is 6.10. The molecule has 3 heterocycles. The lowest BCUT2D eigenvalue weighted by atomic mass is 10.0. The second-order valence-electron chi connectivity index (χ2n) is 5.36. The molecule has 0 radical (unpaired) electrons. The van der Waals surface area contributed by atoms with Crippen LogP contribution in [0.15, 0.2) is 59.6 Å². The first-order valence-corrected chi connectivity index (χ1v) is 9.12. The minimum Gasteiger partial charge on any atom is -0.357 e. The molecule has 0 amide bonds. The molecule has 0 aliphatic rings. The van der Waals surface area contributed by atoms with Gasteiger partial charge in [-0.25, -0.2) is 9.97 Å². The van der Waals surface area contributed by atoms with E-state index >= 15 is 0 Å². The van der Waals surface area contributed by atoms with Crippen molar-refractivity contribution in [1.82, 2.24) is 9.97 Å². The molecule has 1 aromatic carbocycles. The summed E-state index contributed by atoms with van der Waals surface area (Å²) in [6.45, 7) is 2.11. The van der Waals surface area contributed by atoms with E-state index in [-0.39, 0.29) is 6.04 Å². The molecule has 5 heteroatoms. The van der Waals surface area contributed by atoms with Gasteiger partial charge in [0, 0.05) is 4.88 Å². The van der Waals surface area contributed by atoms with Crippen molar-refractivity contribution < 1.29 is 0 Å². The first kappa shape index (κ1) is 14.4. The van der Waals surface area contributed by atoms with E-state index in [0.717, 1.165) is 16.0 Å². The summed E-state index contributed by atoms with van der Waals surface area (Å²) in [6.07, 6.45) is 1.62. The lowest BCUT2D eigenvalue weighted by molar-refractivity contribution is 0.950. The van der Waals surface area contributed by atoms with Crippen LogP contribution in [0.2, 0.25) is 0 Å². The molecule has 0 bridgehead atoms. The summed E-state index contributed by atoms with van der Waals surface area (Å²) in [5.41, 5.74) is 3.49. The Hall–Kier alpha value is -2.24. The van der Waals surface area contributed by atoms with Gasteiger partial charge in [-0.15, -0.1) is 22.7 Å². The number of hydrogen-bond acceptors (Lipinski definition) is 5. The van der Waals surface area contributed by atoms with Crippen molar-refractivity contribution in [2.45, 2.75) is 13.0 Å². The number of aromatic nitrogens is 2. The fourth-order valence-electron chi connectivity index (χ4n) is 2.56. The van der Waals surface area contributed by atoms with Gasteiger partial charge < -0.3 is 5.32 Å². The van der Waals surface area contributed by atoms with E-state index in [9.17, 15) is 0 Å². The highest BCUT2D eigenvalue weighted by Crippen LogP contribution is 2.33. The summed E-state index contributed by atoms with van der Waals surface area (Å²) in [6, 6.07) is 15.0. The molecule has 3 nitrogen and oxygen atoms in total. The Morgan fingerprint density at radius 2 is 1.83 bits per heavy atom. The zero-order valence-electron chi connectivity index (χ0n) is 12.6. The summed E-state index contributed by atoms with van der Waals surface area (Å²) >= 11 is 3.42. The van der Waals surface area contributed by atoms with Crippen molar-refractivity contribution in [2.75, 3.05) is 5.32 Å². The number of aryl methyl sites for hydroxylation is 1. The lowest BCUT2D eigenvalue weighted by Gasteiger charge is -2.19. The van der Waals surface area contributed by atoms with Gasteiger partial charge in [0.15, 0.2) is 0 Å². The van der Waals surface area contributed by atoms with Crippen molar-refractivity contribution in [3.8, 4) is 0 Å². The maximum atomic E-state index is 4.46. The number of rotatable bonds is 4. The third kappa shape index (κ3) is 2.85. The molecule has 114 valence electrons. The van der Waals surface area contributed by atoms with Gasteiger partial charge in [0.1, 0.15) is 12.1 Å². The topological polar surface area (TPSA) is 37.8 Å². The van der Waals surface area contributed by atoms with Crippen LogP contribution < -0.4 is 5.32 Å². The molecule has 4 rings (SSSR count). The zero-order valence-corrected chi connectivity index (χ0v) is 14.2. The average molecular weight is 337 g/mol. The van der Waals surface area contributed by atoms with Crippen molar-refractivity contribution in [1.29, 1.82) is 0 Å². The van der Waals surface area contributed by atoms with E-state index in [4.69, 9.17) is 0 Å². The Kier molecular flexibility index (Phi) is 3.81. The number of thiophene rings is 2. The summed E-state index contributed by atoms with van der Waals surface area (Å²) in [5.74, 6) is 0.893. The summed E-state index contributed by atoms with van der Waals surface area (Å²) in [5, 5.41) is 7.78. The van der Waals surface area contributed by atoms with Crippen LogP contribution in [-0.2, 0) is 0 Å². The minimum absolute atomic E-state index is 0.0933. The molecule has 23 heavy (non-hydrogen) atoms. The van der Waals surface area contributed by atoms with Gasteiger partial charge in [0.05, 0.1) is 16.3 Å². The predicted octanol–water partition coefficient (Wildman–Crippen LogP) is 5.26. The number of nitrogens with one attached hydrogen (secondary N) is 1. The van der Waals surface area contributed by atoms with Crippen LogP contribution in [0.5, 0.6) is 0 Å². The lowest BCUT2D eigenvalue weighted by Crippen LogP contribution is -2.12. The van der Waals surface area contributed by atoms with Crippen LogP contribution in [0, 0.1) is 6.92 Å². The normalized spacial score (nSPS) is 12.4. The maximum Gasteiger partial charge on any atom is 0.148 e. The average Bonchev–Trinajstić information content (AvgIpc) is 3.25. The highest BCUT2D eigenvalue weighted by atomic mass is 32.1. The van der Waals surface area contributed by atoms with Crippen molar-refractivity contribution >= 4 is 38.7 Å². The number of nitrogens with zero attached hydrogens (tertiary/aromatic N) is 2. The molecule has 0 unspecified atom stereocenters. The summed E-state index contributed by atoms with van der Waals surface area (Å²) in [7, 11) is 0. The van der Waals surface area contributed by atoms with Crippen LogP contribution in [0.1, 0.15) is 22.0 Å². The molecule has 0 saturated heterocycles. The molecule has 0 fully saturated rings. The van der Waals surface area contributed by atoms with E-state index in [1.807, 2.05) is 6.07 Å². The molecule has 0 aliphatic heterocycles. The number of anilines is 1. The second-order valence-corrected chi connectivity index (χ2v) is 7.26. The first-order chi connectivity index (χ1) is 11.3. The zero-order chi connectivity index (χ0) is 15.6. The van der Waals surface area contributed by atoms with Crippen molar-refractivity contribution in [3.05, 3.63) is 75.6 Å². The van der Waals surface area contributed by atoms with Crippen LogP contribution in [0.4, 0.5) is 5.82 Å². The monoisotopic (exact) mass is 337 g/mol.